The minimum absolute atomic E-state index is 0.434. The van der Waals surface area contributed by atoms with Crippen molar-refractivity contribution in [2.45, 2.75) is 53.3 Å². The first-order chi connectivity index (χ1) is 8.81. The summed E-state index contributed by atoms with van der Waals surface area (Å²) in [5, 5.41) is 12.2. The van der Waals surface area contributed by atoms with Gasteiger partial charge in [0, 0.05) is 12.6 Å². The third-order valence-corrected chi connectivity index (χ3v) is 2.88. The number of carboxylic acid groups (broad SMARTS) is 1. The second-order valence-electron chi connectivity index (χ2n) is 5.19. The lowest BCUT2D eigenvalue weighted by Gasteiger charge is -2.17. The third-order valence-electron chi connectivity index (χ3n) is 2.88. The molecule has 106 valence electrons. The molecule has 0 radical (unpaired) electrons. The molecule has 0 saturated carbocycles. The van der Waals surface area contributed by atoms with Crippen molar-refractivity contribution >= 4 is 5.97 Å². The summed E-state index contributed by atoms with van der Waals surface area (Å²) >= 11 is 0. The fourth-order valence-electron chi connectivity index (χ4n) is 1.88. The molecule has 0 fully saturated rings. The molecule has 0 saturated heterocycles. The normalized spacial score (nSPS) is 12.5. The highest BCUT2D eigenvalue weighted by molar-refractivity contribution is 5.72. The number of benzene rings is 1. The molecule has 4 nitrogen and oxygen atoms in total. The number of nitrogens with one attached hydrogen (secondary N) is 1. The fourth-order valence-corrected chi connectivity index (χ4v) is 1.88. The number of aliphatic carboxylic acids is 1. The quantitative estimate of drug-likeness (QED) is 0.830. The number of rotatable bonds is 6. The van der Waals surface area contributed by atoms with Crippen molar-refractivity contribution in [2.75, 3.05) is 0 Å². The molecular formula is C15H23NO3. The van der Waals surface area contributed by atoms with Crippen LogP contribution in [0.5, 0.6) is 5.75 Å². The second-order valence-corrected chi connectivity index (χ2v) is 5.19. The Hall–Kier alpha value is -1.55. The molecule has 0 aliphatic rings. The van der Waals surface area contributed by atoms with Gasteiger partial charge in [0.1, 0.15) is 5.75 Å². The average Bonchev–Trinajstić information content (AvgIpc) is 2.30. The minimum Gasteiger partial charge on any atom is -0.479 e. The Balaban J connectivity index is 2.88. The van der Waals surface area contributed by atoms with Crippen molar-refractivity contribution in [3.05, 3.63) is 28.8 Å². The summed E-state index contributed by atoms with van der Waals surface area (Å²) in [6, 6.07) is 4.50. The van der Waals surface area contributed by atoms with Gasteiger partial charge < -0.3 is 15.2 Å². The maximum absolute atomic E-state index is 10.8. The summed E-state index contributed by atoms with van der Waals surface area (Å²) < 4.78 is 5.50. The molecule has 0 aromatic heterocycles. The van der Waals surface area contributed by atoms with Crippen LogP contribution in [0.15, 0.2) is 12.1 Å². The van der Waals surface area contributed by atoms with E-state index in [1.54, 1.807) is 0 Å². The van der Waals surface area contributed by atoms with E-state index in [9.17, 15) is 4.79 Å². The van der Waals surface area contributed by atoms with Gasteiger partial charge in [0.2, 0.25) is 0 Å². The fraction of sp³-hybridized carbons (Fsp3) is 0.533. The van der Waals surface area contributed by atoms with E-state index < -0.39 is 12.1 Å². The van der Waals surface area contributed by atoms with Crippen molar-refractivity contribution in [3.8, 4) is 5.75 Å². The lowest BCUT2D eigenvalue weighted by atomic mass is 10.1. The predicted molar refractivity (Wildman–Crippen MR) is 75.6 cm³/mol. The Morgan fingerprint density at radius 1 is 1.26 bits per heavy atom. The number of ether oxygens (including phenoxy) is 1. The Morgan fingerprint density at radius 3 is 2.21 bits per heavy atom. The predicted octanol–water partition coefficient (Wildman–Crippen LogP) is 2.65. The van der Waals surface area contributed by atoms with Gasteiger partial charge in [-0.25, -0.2) is 4.79 Å². The van der Waals surface area contributed by atoms with E-state index in [1.807, 2.05) is 26.0 Å². The first-order valence-electron chi connectivity index (χ1n) is 6.54. The largest absolute Gasteiger partial charge is 0.479 e. The number of carboxylic acids is 1. The molecule has 0 aliphatic carbocycles. The van der Waals surface area contributed by atoms with E-state index in [4.69, 9.17) is 9.84 Å². The Labute approximate surface area is 114 Å². The zero-order valence-corrected chi connectivity index (χ0v) is 12.3. The lowest BCUT2D eigenvalue weighted by molar-refractivity contribution is -0.144. The maximum Gasteiger partial charge on any atom is 0.344 e. The molecule has 4 heteroatoms. The first kappa shape index (κ1) is 15.5. The average molecular weight is 265 g/mol. The van der Waals surface area contributed by atoms with Crippen LogP contribution in [0.3, 0.4) is 0 Å². The van der Waals surface area contributed by atoms with Crippen LogP contribution in [-0.4, -0.2) is 23.2 Å². The van der Waals surface area contributed by atoms with Crippen molar-refractivity contribution < 1.29 is 14.6 Å². The van der Waals surface area contributed by atoms with Crippen LogP contribution >= 0.6 is 0 Å². The van der Waals surface area contributed by atoms with E-state index in [1.165, 1.54) is 12.5 Å². The lowest BCUT2D eigenvalue weighted by Crippen LogP contribution is -2.24. The number of hydrogen-bond acceptors (Lipinski definition) is 3. The van der Waals surface area contributed by atoms with Gasteiger partial charge in [0.25, 0.3) is 0 Å². The van der Waals surface area contributed by atoms with Crippen LogP contribution in [-0.2, 0) is 11.3 Å². The van der Waals surface area contributed by atoms with Crippen LogP contribution in [0, 0.1) is 13.8 Å². The SMILES string of the molecule is Cc1cc(CNC(C)C)cc(C)c1OC(C)C(=O)O. The standard InChI is InChI=1S/C15H23NO3/c1-9(2)16-8-13-6-10(3)14(11(4)7-13)19-12(5)15(17)18/h6-7,9,12,16H,8H2,1-5H3,(H,17,18). The van der Waals surface area contributed by atoms with Crippen LogP contribution in [0.4, 0.5) is 0 Å². The Kier molecular flexibility index (Phi) is 5.36. The summed E-state index contributed by atoms with van der Waals surface area (Å²) in [5.74, 6) is -0.285. The van der Waals surface area contributed by atoms with Gasteiger partial charge in [0.15, 0.2) is 6.10 Å². The van der Waals surface area contributed by atoms with Gasteiger partial charge >= 0.3 is 5.97 Å². The summed E-state index contributed by atoms with van der Waals surface area (Å²) in [7, 11) is 0. The molecular weight excluding hydrogens is 242 g/mol. The molecule has 19 heavy (non-hydrogen) atoms. The highest BCUT2D eigenvalue weighted by atomic mass is 16.5. The molecule has 2 N–H and O–H groups in total. The molecule has 0 bridgehead atoms. The van der Waals surface area contributed by atoms with Crippen LogP contribution < -0.4 is 10.1 Å². The van der Waals surface area contributed by atoms with Gasteiger partial charge in [-0.3, -0.25) is 0 Å². The Morgan fingerprint density at radius 2 is 1.79 bits per heavy atom. The summed E-state index contributed by atoms with van der Waals surface area (Å²) in [5.41, 5.74) is 3.11. The van der Waals surface area contributed by atoms with Gasteiger partial charge in [-0.1, -0.05) is 26.0 Å². The van der Waals surface area contributed by atoms with Gasteiger partial charge in [-0.05, 0) is 37.5 Å². The molecule has 0 amide bonds. The minimum atomic E-state index is -0.954. The molecule has 1 aromatic rings. The molecule has 0 heterocycles. The zero-order chi connectivity index (χ0) is 14.6. The number of carbonyl (C=O) groups is 1. The van der Waals surface area contributed by atoms with Crippen molar-refractivity contribution in [1.82, 2.24) is 5.32 Å². The van der Waals surface area contributed by atoms with Crippen molar-refractivity contribution in [1.29, 1.82) is 0 Å². The molecule has 1 rings (SSSR count). The molecule has 0 aliphatic heterocycles. The number of aryl methyl sites for hydroxylation is 2. The molecule has 1 aromatic carbocycles. The zero-order valence-electron chi connectivity index (χ0n) is 12.3. The molecule has 1 atom stereocenters. The van der Waals surface area contributed by atoms with E-state index in [-0.39, 0.29) is 0 Å². The highest BCUT2D eigenvalue weighted by Crippen LogP contribution is 2.26. The topological polar surface area (TPSA) is 58.6 Å². The van der Waals surface area contributed by atoms with E-state index >= 15 is 0 Å². The summed E-state index contributed by atoms with van der Waals surface area (Å²) in [6.45, 7) is 10.4. The summed E-state index contributed by atoms with van der Waals surface area (Å²) in [6.07, 6.45) is -0.836. The monoisotopic (exact) mass is 265 g/mol. The third kappa shape index (κ3) is 4.56. The first-order valence-corrected chi connectivity index (χ1v) is 6.54. The van der Waals surface area contributed by atoms with Gasteiger partial charge in [-0.15, -0.1) is 0 Å². The highest BCUT2D eigenvalue weighted by Gasteiger charge is 2.15. The van der Waals surface area contributed by atoms with E-state index in [0.717, 1.165) is 17.7 Å². The van der Waals surface area contributed by atoms with Gasteiger partial charge in [-0.2, -0.15) is 0 Å². The smallest absolute Gasteiger partial charge is 0.344 e. The van der Waals surface area contributed by atoms with Crippen molar-refractivity contribution in [2.24, 2.45) is 0 Å². The van der Waals surface area contributed by atoms with E-state index in [2.05, 4.69) is 19.2 Å². The Bertz CT molecular complexity index is 432. The van der Waals surface area contributed by atoms with Crippen LogP contribution in [0.1, 0.15) is 37.5 Å². The molecule has 1 unspecified atom stereocenters. The van der Waals surface area contributed by atoms with Crippen molar-refractivity contribution in [3.63, 3.8) is 0 Å². The summed E-state index contributed by atoms with van der Waals surface area (Å²) in [4.78, 5) is 10.8. The molecule has 0 spiro atoms. The number of hydrogen-bond donors (Lipinski definition) is 2. The van der Waals surface area contributed by atoms with E-state index in [0.29, 0.717) is 11.8 Å². The van der Waals surface area contributed by atoms with Gasteiger partial charge in [0.05, 0.1) is 0 Å². The van der Waals surface area contributed by atoms with Crippen LogP contribution in [0.25, 0.3) is 0 Å². The second kappa shape index (κ2) is 6.57. The van der Waals surface area contributed by atoms with Crippen LogP contribution in [0.2, 0.25) is 0 Å². The maximum atomic E-state index is 10.8.